The van der Waals surface area contributed by atoms with Crippen molar-refractivity contribution in [2.24, 2.45) is 5.92 Å². The fourth-order valence-corrected chi connectivity index (χ4v) is 1.59. The largest absolute Gasteiger partial charge is 0.433 e. The summed E-state index contributed by atoms with van der Waals surface area (Å²) in [5.74, 6) is 1.27. The summed E-state index contributed by atoms with van der Waals surface area (Å²) in [6.45, 7) is 2.63. The van der Waals surface area contributed by atoms with Crippen LogP contribution in [-0.2, 0) is 6.18 Å². The van der Waals surface area contributed by atoms with E-state index in [9.17, 15) is 13.2 Å². The first kappa shape index (κ1) is 15.1. The maximum Gasteiger partial charge on any atom is 0.433 e. The molecule has 1 N–H and O–H groups in total. The molecule has 0 saturated carbocycles. The van der Waals surface area contributed by atoms with Crippen LogP contribution >= 0.6 is 11.6 Å². The molecule has 1 aromatic rings. The van der Waals surface area contributed by atoms with E-state index in [1.54, 1.807) is 0 Å². The zero-order valence-electron chi connectivity index (χ0n) is 10.1. The van der Waals surface area contributed by atoms with Crippen molar-refractivity contribution < 1.29 is 13.2 Å². The monoisotopic (exact) mass is 280 g/mol. The molecule has 0 saturated heterocycles. The Balaban J connectivity index is 2.43. The third-order valence-electron chi connectivity index (χ3n) is 2.48. The van der Waals surface area contributed by atoms with E-state index in [1.807, 2.05) is 6.92 Å². The molecule has 0 fully saturated rings. The highest BCUT2D eigenvalue weighted by Crippen LogP contribution is 2.28. The smallest absolute Gasteiger partial charge is 0.370 e. The predicted octanol–water partition coefficient (Wildman–Crippen LogP) is 4.17. The summed E-state index contributed by atoms with van der Waals surface area (Å²) in [7, 11) is 0. The van der Waals surface area contributed by atoms with E-state index in [0.29, 0.717) is 18.3 Å². The van der Waals surface area contributed by atoms with Gasteiger partial charge in [0.1, 0.15) is 11.5 Å². The number of halogens is 4. The van der Waals surface area contributed by atoms with Crippen molar-refractivity contribution in [2.75, 3.05) is 17.7 Å². The topological polar surface area (TPSA) is 24.9 Å². The second-order valence-electron chi connectivity index (χ2n) is 4.23. The van der Waals surface area contributed by atoms with Crippen molar-refractivity contribution in [3.05, 3.63) is 23.9 Å². The van der Waals surface area contributed by atoms with E-state index >= 15 is 0 Å². The van der Waals surface area contributed by atoms with Crippen molar-refractivity contribution in [2.45, 2.75) is 25.9 Å². The van der Waals surface area contributed by atoms with E-state index in [2.05, 4.69) is 10.3 Å². The Kier molecular flexibility index (Phi) is 5.72. The van der Waals surface area contributed by atoms with E-state index in [-0.39, 0.29) is 5.82 Å². The van der Waals surface area contributed by atoms with Crippen molar-refractivity contribution in [1.82, 2.24) is 4.98 Å². The Hall–Kier alpha value is -0.970. The number of alkyl halides is 4. The van der Waals surface area contributed by atoms with Gasteiger partial charge in [0.25, 0.3) is 0 Å². The molecule has 6 heteroatoms. The molecule has 1 unspecified atom stereocenters. The maximum atomic E-state index is 12.4. The summed E-state index contributed by atoms with van der Waals surface area (Å²) in [6.07, 6.45) is -2.61. The minimum Gasteiger partial charge on any atom is -0.370 e. The van der Waals surface area contributed by atoms with E-state index in [4.69, 9.17) is 11.6 Å². The molecule has 1 atom stereocenters. The van der Waals surface area contributed by atoms with Gasteiger partial charge in [0.2, 0.25) is 0 Å². The molecule has 1 aromatic heterocycles. The Morgan fingerprint density at radius 3 is 2.72 bits per heavy atom. The number of hydrogen-bond donors (Lipinski definition) is 1. The minimum atomic E-state index is -4.40. The number of pyridine rings is 1. The first-order valence-electron chi connectivity index (χ1n) is 5.77. The highest BCUT2D eigenvalue weighted by Gasteiger charge is 2.32. The zero-order valence-corrected chi connectivity index (χ0v) is 10.9. The van der Waals surface area contributed by atoms with Gasteiger partial charge in [0.15, 0.2) is 0 Å². The fraction of sp³-hybridized carbons (Fsp3) is 0.583. The van der Waals surface area contributed by atoms with Crippen LogP contribution in [0.25, 0.3) is 0 Å². The third-order valence-corrected chi connectivity index (χ3v) is 3.01. The van der Waals surface area contributed by atoms with Gasteiger partial charge in [-0.25, -0.2) is 4.98 Å². The lowest BCUT2D eigenvalue weighted by Crippen LogP contribution is -2.11. The van der Waals surface area contributed by atoms with Gasteiger partial charge in [-0.2, -0.15) is 13.2 Å². The Labute approximate surface area is 110 Å². The summed E-state index contributed by atoms with van der Waals surface area (Å²) in [6, 6.07) is 3.83. The van der Waals surface area contributed by atoms with Gasteiger partial charge < -0.3 is 5.32 Å². The molecule has 0 radical (unpaired) electrons. The molecule has 1 heterocycles. The van der Waals surface area contributed by atoms with Gasteiger partial charge in [-0.3, -0.25) is 0 Å². The molecular weight excluding hydrogens is 265 g/mol. The van der Waals surface area contributed by atoms with Crippen molar-refractivity contribution in [3.63, 3.8) is 0 Å². The summed E-state index contributed by atoms with van der Waals surface area (Å²) in [5.41, 5.74) is -0.873. The molecule has 0 aliphatic carbocycles. The normalized spacial score (nSPS) is 13.4. The molecule has 0 bridgehead atoms. The van der Waals surface area contributed by atoms with Crippen molar-refractivity contribution in [1.29, 1.82) is 0 Å². The third kappa shape index (κ3) is 5.12. The van der Waals surface area contributed by atoms with Crippen LogP contribution in [0.5, 0.6) is 0 Å². The average Bonchev–Trinajstić information content (AvgIpc) is 2.33. The van der Waals surface area contributed by atoms with E-state index in [1.165, 1.54) is 12.1 Å². The van der Waals surface area contributed by atoms with Crippen molar-refractivity contribution >= 4 is 17.4 Å². The fourth-order valence-electron chi connectivity index (χ4n) is 1.44. The lowest BCUT2D eigenvalue weighted by Gasteiger charge is -2.10. The molecule has 0 aliphatic heterocycles. The highest BCUT2D eigenvalue weighted by molar-refractivity contribution is 6.18. The molecular formula is C12H16ClF3N2. The number of rotatable bonds is 6. The lowest BCUT2D eigenvalue weighted by atomic mass is 10.1. The number of anilines is 1. The predicted molar refractivity (Wildman–Crippen MR) is 66.8 cm³/mol. The molecule has 0 amide bonds. The van der Waals surface area contributed by atoms with Gasteiger partial charge in [-0.15, -0.1) is 11.6 Å². The Morgan fingerprint density at radius 1 is 1.39 bits per heavy atom. The zero-order chi connectivity index (χ0) is 13.6. The molecule has 2 nitrogen and oxygen atoms in total. The molecule has 0 aromatic carbocycles. The number of nitrogens with one attached hydrogen (secondary N) is 1. The van der Waals surface area contributed by atoms with Gasteiger partial charge in [-0.05, 0) is 30.9 Å². The Morgan fingerprint density at radius 2 is 2.11 bits per heavy atom. The van der Waals surface area contributed by atoms with Crippen LogP contribution in [0, 0.1) is 5.92 Å². The molecule has 0 aliphatic rings. The standard InChI is InChI=1S/C12H16ClF3N2/c1-9(8-13)4-3-7-17-11-6-2-5-10(18-11)12(14,15)16/h2,5-6,9H,3-4,7-8H2,1H3,(H,17,18). The van der Waals surface area contributed by atoms with Crippen molar-refractivity contribution in [3.8, 4) is 0 Å². The SMILES string of the molecule is CC(CCl)CCCNc1cccc(C(F)(F)F)n1. The van der Waals surface area contributed by atoms with Crippen LogP contribution in [0.3, 0.4) is 0 Å². The second kappa shape index (κ2) is 6.83. The highest BCUT2D eigenvalue weighted by atomic mass is 35.5. The minimum absolute atomic E-state index is 0.253. The molecule has 1 rings (SSSR count). The van der Waals surface area contributed by atoms with Crippen LogP contribution in [0.1, 0.15) is 25.5 Å². The van der Waals surface area contributed by atoms with Crippen LogP contribution < -0.4 is 5.32 Å². The van der Waals surface area contributed by atoms with Crippen LogP contribution in [0.4, 0.5) is 19.0 Å². The van der Waals surface area contributed by atoms with Crippen LogP contribution in [0.15, 0.2) is 18.2 Å². The summed E-state index contributed by atoms with van der Waals surface area (Å²) in [4.78, 5) is 3.52. The number of aromatic nitrogens is 1. The number of hydrogen-bond acceptors (Lipinski definition) is 2. The maximum absolute atomic E-state index is 12.4. The summed E-state index contributed by atoms with van der Waals surface area (Å²) < 4.78 is 37.2. The summed E-state index contributed by atoms with van der Waals surface area (Å²) in [5, 5.41) is 2.88. The van der Waals surface area contributed by atoms with Gasteiger partial charge in [0, 0.05) is 12.4 Å². The number of nitrogens with zero attached hydrogens (tertiary/aromatic N) is 1. The molecule has 18 heavy (non-hydrogen) atoms. The quantitative estimate of drug-likeness (QED) is 0.625. The first-order valence-corrected chi connectivity index (χ1v) is 6.31. The van der Waals surface area contributed by atoms with Gasteiger partial charge in [-0.1, -0.05) is 13.0 Å². The van der Waals surface area contributed by atoms with Gasteiger partial charge >= 0.3 is 6.18 Å². The molecule has 0 spiro atoms. The van der Waals surface area contributed by atoms with Gasteiger partial charge in [0.05, 0.1) is 0 Å². The first-order chi connectivity index (χ1) is 8.43. The van der Waals surface area contributed by atoms with E-state index in [0.717, 1.165) is 18.9 Å². The average molecular weight is 281 g/mol. The molecule has 102 valence electrons. The van der Waals surface area contributed by atoms with Crippen LogP contribution in [0.2, 0.25) is 0 Å². The Bertz CT molecular complexity index is 369. The summed E-state index contributed by atoms with van der Waals surface area (Å²) >= 11 is 5.66. The second-order valence-corrected chi connectivity index (χ2v) is 4.54. The van der Waals surface area contributed by atoms with Crippen LogP contribution in [-0.4, -0.2) is 17.4 Å². The van der Waals surface area contributed by atoms with E-state index < -0.39 is 11.9 Å². The lowest BCUT2D eigenvalue weighted by molar-refractivity contribution is -0.141.